The lowest BCUT2D eigenvalue weighted by Crippen LogP contribution is -2.45. The van der Waals surface area contributed by atoms with Gasteiger partial charge in [0.15, 0.2) is 0 Å². The Hall–Kier alpha value is -3.35. The first kappa shape index (κ1) is 26.3. The molecule has 0 aliphatic heterocycles. The quantitative estimate of drug-likeness (QED) is 0.392. The molecule has 1 unspecified atom stereocenters. The van der Waals surface area contributed by atoms with E-state index in [1.165, 1.54) is 0 Å². The molecule has 2 amide bonds. The van der Waals surface area contributed by atoms with Crippen LogP contribution >= 0.6 is 0 Å². The lowest BCUT2D eigenvalue weighted by Gasteiger charge is -2.21. The molecule has 0 heterocycles. The number of fused-ring (bicyclic) bond motifs is 3. The maximum absolute atomic E-state index is 12.7. The van der Waals surface area contributed by atoms with E-state index in [2.05, 4.69) is 34.9 Å². The minimum absolute atomic E-state index is 0.00602. The van der Waals surface area contributed by atoms with Gasteiger partial charge in [0.1, 0.15) is 12.6 Å². The van der Waals surface area contributed by atoms with E-state index in [0.29, 0.717) is 12.8 Å². The Morgan fingerprint density at radius 3 is 2.11 bits per heavy atom. The van der Waals surface area contributed by atoms with Crippen molar-refractivity contribution in [2.75, 3.05) is 6.61 Å². The number of carbonyl (C=O) groups is 3. The summed E-state index contributed by atoms with van der Waals surface area (Å²) in [6.45, 7) is 6.05. The van der Waals surface area contributed by atoms with E-state index in [1.54, 1.807) is 0 Å². The van der Waals surface area contributed by atoms with Gasteiger partial charge in [-0.2, -0.15) is 0 Å². The molecule has 2 aromatic rings. The summed E-state index contributed by atoms with van der Waals surface area (Å²) >= 11 is 0. The first-order valence-electron chi connectivity index (χ1n) is 12.4. The zero-order valence-electron chi connectivity index (χ0n) is 20.8. The highest BCUT2D eigenvalue weighted by Gasteiger charge is 2.29. The van der Waals surface area contributed by atoms with Crippen molar-refractivity contribution in [1.82, 2.24) is 10.6 Å². The molecule has 3 rings (SSSR count). The number of rotatable bonds is 12. The summed E-state index contributed by atoms with van der Waals surface area (Å²) in [6.07, 6.45) is 2.13. The number of hydrogen-bond acceptors (Lipinski definition) is 4. The SMILES string of the molecule is CCCCC(CC(=O)N[C@@H](CC(C)C)C(=O)O)NC(=O)OCC1c2ccccc2-c2ccccc21. The van der Waals surface area contributed by atoms with Gasteiger partial charge in [0.2, 0.25) is 5.91 Å². The van der Waals surface area contributed by atoms with Crippen molar-refractivity contribution in [3.05, 3.63) is 59.7 Å². The topological polar surface area (TPSA) is 105 Å². The maximum Gasteiger partial charge on any atom is 0.407 e. The van der Waals surface area contributed by atoms with Gasteiger partial charge in [0.25, 0.3) is 0 Å². The van der Waals surface area contributed by atoms with Crippen LogP contribution in [-0.4, -0.2) is 41.8 Å². The first-order valence-corrected chi connectivity index (χ1v) is 12.4. The summed E-state index contributed by atoms with van der Waals surface area (Å²) in [6, 6.07) is 14.9. The molecule has 0 aromatic heterocycles. The molecule has 0 saturated carbocycles. The second kappa shape index (κ2) is 12.4. The summed E-state index contributed by atoms with van der Waals surface area (Å²) in [7, 11) is 0. The van der Waals surface area contributed by atoms with E-state index in [0.717, 1.165) is 35.1 Å². The van der Waals surface area contributed by atoms with Gasteiger partial charge in [0.05, 0.1) is 0 Å². The highest BCUT2D eigenvalue weighted by atomic mass is 16.5. The van der Waals surface area contributed by atoms with Gasteiger partial charge in [-0.15, -0.1) is 0 Å². The third kappa shape index (κ3) is 7.07. The lowest BCUT2D eigenvalue weighted by molar-refractivity contribution is -0.142. The minimum atomic E-state index is -1.05. The fourth-order valence-electron chi connectivity index (χ4n) is 4.65. The van der Waals surface area contributed by atoms with Gasteiger partial charge < -0.3 is 20.5 Å². The smallest absolute Gasteiger partial charge is 0.407 e. The number of carboxylic acid groups (broad SMARTS) is 1. The Balaban J connectivity index is 1.60. The van der Waals surface area contributed by atoms with Crippen LogP contribution in [0, 0.1) is 5.92 Å². The van der Waals surface area contributed by atoms with Gasteiger partial charge in [0, 0.05) is 18.4 Å². The van der Waals surface area contributed by atoms with Crippen LogP contribution in [0.25, 0.3) is 11.1 Å². The molecule has 1 aliphatic carbocycles. The highest BCUT2D eigenvalue weighted by molar-refractivity contribution is 5.84. The van der Waals surface area contributed by atoms with Crippen LogP contribution in [0.3, 0.4) is 0 Å². The van der Waals surface area contributed by atoms with Crippen LogP contribution in [0.2, 0.25) is 0 Å². The summed E-state index contributed by atoms with van der Waals surface area (Å²) in [5.41, 5.74) is 4.58. The van der Waals surface area contributed by atoms with Crippen molar-refractivity contribution in [2.45, 2.75) is 70.9 Å². The predicted molar refractivity (Wildman–Crippen MR) is 135 cm³/mol. The molecule has 0 spiro atoms. The van der Waals surface area contributed by atoms with E-state index < -0.39 is 30.1 Å². The van der Waals surface area contributed by atoms with E-state index >= 15 is 0 Å². The molecule has 35 heavy (non-hydrogen) atoms. The Bertz CT molecular complexity index is 990. The average Bonchev–Trinajstić information content (AvgIpc) is 3.14. The largest absolute Gasteiger partial charge is 0.480 e. The minimum Gasteiger partial charge on any atom is -0.480 e. The maximum atomic E-state index is 12.7. The van der Waals surface area contributed by atoms with Gasteiger partial charge in [-0.1, -0.05) is 82.1 Å². The summed E-state index contributed by atoms with van der Waals surface area (Å²) in [5.74, 6) is -1.36. The van der Waals surface area contributed by atoms with Crippen LogP contribution in [0.15, 0.2) is 48.5 Å². The molecule has 7 heteroatoms. The standard InChI is InChI=1S/C28H36N2O5/c1-4-5-10-19(16-26(31)30-25(27(32)33)15-18(2)3)29-28(34)35-17-24-22-13-8-6-11-20(22)21-12-7-9-14-23(21)24/h6-9,11-14,18-19,24-25H,4-5,10,15-17H2,1-3H3,(H,29,34)(H,30,31)(H,32,33)/t19?,25-/m0/s1. The Morgan fingerprint density at radius 1 is 0.971 bits per heavy atom. The molecular formula is C28H36N2O5. The zero-order valence-corrected chi connectivity index (χ0v) is 20.8. The summed E-state index contributed by atoms with van der Waals surface area (Å²) in [4.78, 5) is 36.8. The molecule has 0 fully saturated rings. The van der Waals surface area contributed by atoms with Crippen LogP contribution in [-0.2, 0) is 14.3 Å². The molecule has 188 valence electrons. The normalized spacial score (nSPS) is 14.1. The Kier molecular flexibility index (Phi) is 9.29. The van der Waals surface area contributed by atoms with Crippen LogP contribution in [0.5, 0.6) is 0 Å². The van der Waals surface area contributed by atoms with Gasteiger partial charge >= 0.3 is 12.1 Å². The highest BCUT2D eigenvalue weighted by Crippen LogP contribution is 2.44. The third-order valence-corrected chi connectivity index (χ3v) is 6.34. The number of nitrogens with one attached hydrogen (secondary N) is 2. The molecule has 0 radical (unpaired) electrons. The summed E-state index contributed by atoms with van der Waals surface area (Å²) < 4.78 is 5.63. The van der Waals surface area contributed by atoms with Gasteiger partial charge in [-0.05, 0) is 41.0 Å². The average molecular weight is 481 g/mol. The number of carbonyl (C=O) groups excluding carboxylic acids is 2. The fraction of sp³-hybridized carbons (Fsp3) is 0.464. The van der Waals surface area contributed by atoms with Crippen LogP contribution in [0.1, 0.15) is 69.9 Å². The molecular weight excluding hydrogens is 444 g/mol. The predicted octanol–water partition coefficient (Wildman–Crippen LogP) is 5.09. The van der Waals surface area contributed by atoms with E-state index in [9.17, 15) is 19.5 Å². The first-order chi connectivity index (χ1) is 16.8. The molecule has 1 aliphatic rings. The van der Waals surface area contributed by atoms with Crippen LogP contribution < -0.4 is 10.6 Å². The monoisotopic (exact) mass is 480 g/mol. The molecule has 2 atom stereocenters. The van der Waals surface area contributed by atoms with E-state index in [4.69, 9.17) is 4.74 Å². The van der Waals surface area contributed by atoms with Crippen molar-refractivity contribution in [1.29, 1.82) is 0 Å². The number of benzene rings is 2. The molecule has 0 saturated heterocycles. The van der Waals surface area contributed by atoms with Crippen LogP contribution in [0.4, 0.5) is 4.79 Å². The fourth-order valence-corrected chi connectivity index (χ4v) is 4.65. The van der Waals surface area contributed by atoms with Crippen molar-refractivity contribution in [3.63, 3.8) is 0 Å². The van der Waals surface area contributed by atoms with Crippen molar-refractivity contribution >= 4 is 18.0 Å². The summed E-state index contributed by atoms with van der Waals surface area (Å²) in [5, 5.41) is 14.8. The van der Waals surface area contributed by atoms with Crippen molar-refractivity contribution in [2.24, 2.45) is 5.92 Å². The number of carboxylic acids is 1. The Labute approximate surface area is 207 Å². The Morgan fingerprint density at radius 2 is 1.57 bits per heavy atom. The molecule has 2 aromatic carbocycles. The number of unbranched alkanes of at least 4 members (excludes halogenated alkanes) is 1. The van der Waals surface area contributed by atoms with Gasteiger partial charge in [-0.25, -0.2) is 9.59 Å². The number of ether oxygens (including phenoxy) is 1. The van der Waals surface area contributed by atoms with Crippen molar-refractivity contribution in [3.8, 4) is 11.1 Å². The van der Waals surface area contributed by atoms with Crippen molar-refractivity contribution < 1.29 is 24.2 Å². The number of hydrogen-bond donors (Lipinski definition) is 3. The molecule has 3 N–H and O–H groups in total. The number of aliphatic carboxylic acids is 1. The molecule has 0 bridgehead atoms. The van der Waals surface area contributed by atoms with Gasteiger partial charge in [-0.3, -0.25) is 4.79 Å². The lowest BCUT2D eigenvalue weighted by atomic mass is 9.98. The zero-order chi connectivity index (χ0) is 25.4. The second-order valence-electron chi connectivity index (χ2n) is 9.60. The molecule has 7 nitrogen and oxygen atoms in total. The number of amides is 2. The van der Waals surface area contributed by atoms with E-state index in [-0.39, 0.29) is 24.9 Å². The second-order valence-corrected chi connectivity index (χ2v) is 9.60. The number of alkyl carbamates (subject to hydrolysis) is 1. The third-order valence-electron chi connectivity index (χ3n) is 6.34. The van der Waals surface area contributed by atoms with E-state index in [1.807, 2.05) is 45.0 Å².